The number of nitrogens with two attached hydrogens (primary N) is 1. The van der Waals surface area contributed by atoms with Gasteiger partial charge in [0.1, 0.15) is 5.82 Å². The highest BCUT2D eigenvalue weighted by Gasteiger charge is 2.21. The van der Waals surface area contributed by atoms with E-state index in [1.54, 1.807) is 0 Å². The summed E-state index contributed by atoms with van der Waals surface area (Å²) in [5, 5.41) is 9.92. The quantitative estimate of drug-likeness (QED) is 0.417. The highest BCUT2D eigenvalue weighted by atomic mass is 16.3. The number of hydrazine groups is 1. The van der Waals surface area contributed by atoms with E-state index in [9.17, 15) is 14.7 Å². The molecule has 0 aliphatic carbocycles. The van der Waals surface area contributed by atoms with Gasteiger partial charge in [-0.2, -0.15) is 4.98 Å². The lowest BCUT2D eigenvalue weighted by Gasteiger charge is -2.14. The third-order valence-corrected chi connectivity index (χ3v) is 3.52. The summed E-state index contributed by atoms with van der Waals surface area (Å²) in [4.78, 5) is 28.4. The zero-order valence-corrected chi connectivity index (χ0v) is 13.0. The average molecular weight is 316 g/mol. The van der Waals surface area contributed by atoms with Crippen LogP contribution in [0.3, 0.4) is 0 Å². The van der Waals surface area contributed by atoms with Crippen LogP contribution in [-0.2, 0) is 13.0 Å². The molecular formula is C16H20N4O3. The first-order valence-corrected chi connectivity index (χ1v) is 7.46. The first kappa shape index (κ1) is 16.7. The zero-order chi connectivity index (χ0) is 16.8. The fraction of sp³-hybridized carbons (Fsp3) is 0.312. The Hall–Kier alpha value is -2.67. The molecule has 23 heavy (non-hydrogen) atoms. The van der Waals surface area contributed by atoms with Gasteiger partial charge in [0.2, 0.25) is 5.88 Å². The van der Waals surface area contributed by atoms with Gasteiger partial charge in [-0.1, -0.05) is 43.7 Å². The average Bonchev–Trinajstić information content (AvgIpc) is 2.56. The van der Waals surface area contributed by atoms with Gasteiger partial charge in [-0.05, 0) is 12.0 Å². The predicted molar refractivity (Wildman–Crippen MR) is 86.0 cm³/mol. The molecule has 7 nitrogen and oxygen atoms in total. The van der Waals surface area contributed by atoms with Crippen LogP contribution in [0.2, 0.25) is 0 Å². The second-order valence-electron chi connectivity index (χ2n) is 5.18. The summed E-state index contributed by atoms with van der Waals surface area (Å²) in [6.07, 6.45) is 2.28. The Balaban J connectivity index is 2.54. The first-order chi connectivity index (χ1) is 11.1. The Kier molecular flexibility index (Phi) is 5.48. The van der Waals surface area contributed by atoms with Crippen LogP contribution >= 0.6 is 0 Å². The van der Waals surface area contributed by atoms with Gasteiger partial charge in [-0.3, -0.25) is 19.6 Å². The molecule has 1 aromatic carbocycles. The fourth-order valence-electron chi connectivity index (χ4n) is 2.31. The molecule has 0 aliphatic heterocycles. The van der Waals surface area contributed by atoms with E-state index >= 15 is 0 Å². The van der Waals surface area contributed by atoms with Crippen LogP contribution in [0.1, 0.15) is 41.5 Å². The molecule has 0 unspecified atom stereocenters. The standard InChI is InChI=1S/C16H20N4O3/c1-2-3-9-12-18-14(21)13(15(22)19-17)16(23)20(12)10-11-7-5-4-6-8-11/h4-8,21H,2-3,9-10,17H2,1H3,(H,19,22). The summed E-state index contributed by atoms with van der Waals surface area (Å²) in [6.45, 7) is 2.30. The third-order valence-electron chi connectivity index (χ3n) is 3.52. The normalized spacial score (nSPS) is 10.5. The van der Waals surface area contributed by atoms with Crippen LogP contribution in [0.5, 0.6) is 5.88 Å². The van der Waals surface area contributed by atoms with Crippen molar-refractivity contribution in [3.63, 3.8) is 0 Å². The van der Waals surface area contributed by atoms with Crippen molar-refractivity contribution in [2.75, 3.05) is 0 Å². The first-order valence-electron chi connectivity index (χ1n) is 7.46. The predicted octanol–water partition coefficient (Wildman–Crippen LogP) is 0.943. The molecule has 0 spiro atoms. The van der Waals surface area contributed by atoms with E-state index in [-0.39, 0.29) is 6.54 Å². The Morgan fingerprint density at radius 3 is 2.65 bits per heavy atom. The molecule has 122 valence electrons. The van der Waals surface area contributed by atoms with Crippen LogP contribution in [-0.4, -0.2) is 20.6 Å². The maximum Gasteiger partial charge on any atom is 0.276 e. The van der Waals surface area contributed by atoms with Crippen molar-refractivity contribution in [1.82, 2.24) is 15.0 Å². The second-order valence-corrected chi connectivity index (χ2v) is 5.18. The number of nitrogen functional groups attached to an aromatic ring is 1. The summed E-state index contributed by atoms with van der Waals surface area (Å²) in [6, 6.07) is 9.38. The minimum atomic E-state index is -0.858. The molecule has 0 saturated carbocycles. The van der Waals surface area contributed by atoms with Crippen molar-refractivity contribution < 1.29 is 9.90 Å². The number of amides is 1. The van der Waals surface area contributed by atoms with Gasteiger partial charge in [0.05, 0.1) is 6.54 Å². The molecule has 0 atom stereocenters. The van der Waals surface area contributed by atoms with Gasteiger partial charge in [0.25, 0.3) is 11.5 Å². The lowest BCUT2D eigenvalue weighted by molar-refractivity contribution is 0.0947. The number of aromatic hydroxyl groups is 1. The molecule has 0 bridgehead atoms. The Morgan fingerprint density at radius 2 is 2.04 bits per heavy atom. The molecular weight excluding hydrogens is 296 g/mol. The zero-order valence-electron chi connectivity index (χ0n) is 13.0. The fourth-order valence-corrected chi connectivity index (χ4v) is 2.31. The van der Waals surface area contributed by atoms with Gasteiger partial charge < -0.3 is 5.11 Å². The van der Waals surface area contributed by atoms with Crippen LogP contribution in [0.25, 0.3) is 0 Å². The molecule has 1 amide bonds. The van der Waals surface area contributed by atoms with Crippen LogP contribution in [0.4, 0.5) is 0 Å². The van der Waals surface area contributed by atoms with Crippen molar-refractivity contribution in [2.24, 2.45) is 5.84 Å². The van der Waals surface area contributed by atoms with Gasteiger partial charge in [0, 0.05) is 6.42 Å². The molecule has 1 aromatic heterocycles. The van der Waals surface area contributed by atoms with Gasteiger partial charge in [-0.15, -0.1) is 0 Å². The number of carbonyl (C=O) groups is 1. The van der Waals surface area contributed by atoms with Crippen molar-refractivity contribution in [3.05, 3.63) is 57.6 Å². The van der Waals surface area contributed by atoms with Crippen molar-refractivity contribution >= 4 is 5.91 Å². The minimum Gasteiger partial charge on any atom is -0.493 e. The molecule has 0 aliphatic rings. The number of nitrogens with zero attached hydrogens (tertiary/aromatic N) is 2. The molecule has 0 radical (unpaired) electrons. The number of aryl methyl sites for hydroxylation is 1. The summed E-state index contributed by atoms with van der Waals surface area (Å²) >= 11 is 0. The number of benzene rings is 1. The number of nitrogens with one attached hydrogen (secondary N) is 1. The summed E-state index contributed by atoms with van der Waals surface area (Å²) < 4.78 is 1.41. The monoisotopic (exact) mass is 316 g/mol. The van der Waals surface area contributed by atoms with E-state index in [1.807, 2.05) is 42.7 Å². The van der Waals surface area contributed by atoms with Crippen LogP contribution < -0.4 is 16.8 Å². The van der Waals surface area contributed by atoms with E-state index in [0.29, 0.717) is 12.2 Å². The number of aromatic nitrogens is 2. The minimum absolute atomic E-state index is 0.275. The summed E-state index contributed by atoms with van der Waals surface area (Å²) in [5.41, 5.74) is 1.72. The van der Waals surface area contributed by atoms with E-state index in [0.717, 1.165) is 18.4 Å². The summed E-state index contributed by atoms with van der Waals surface area (Å²) in [7, 11) is 0. The van der Waals surface area contributed by atoms with Gasteiger partial charge >= 0.3 is 0 Å². The number of rotatable bonds is 6. The van der Waals surface area contributed by atoms with Crippen LogP contribution in [0.15, 0.2) is 35.1 Å². The van der Waals surface area contributed by atoms with Crippen molar-refractivity contribution in [2.45, 2.75) is 32.7 Å². The Labute approximate surface area is 133 Å². The number of hydrogen-bond acceptors (Lipinski definition) is 5. The lowest BCUT2D eigenvalue weighted by Crippen LogP contribution is -2.38. The molecule has 0 fully saturated rings. The number of unbranched alkanes of at least 4 members (excludes halogenated alkanes) is 1. The van der Waals surface area contributed by atoms with E-state index in [2.05, 4.69) is 4.98 Å². The topological polar surface area (TPSA) is 110 Å². The molecule has 4 N–H and O–H groups in total. The Morgan fingerprint density at radius 1 is 1.35 bits per heavy atom. The van der Waals surface area contributed by atoms with Gasteiger partial charge in [-0.25, -0.2) is 5.84 Å². The van der Waals surface area contributed by atoms with Crippen LogP contribution in [0, 0.1) is 0 Å². The Bertz CT molecular complexity index is 741. The van der Waals surface area contributed by atoms with E-state index < -0.39 is 22.9 Å². The van der Waals surface area contributed by atoms with Gasteiger partial charge in [0.15, 0.2) is 5.56 Å². The third kappa shape index (κ3) is 3.75. The SMILES string of the molecule is CCCCc1nc(O)c(C(=O)NN)c(=O)n1Cc1ccccc1. The second kappa shape index (κ2) is 7.55. The van der Waals surface area contributed by atoms with E-state index in [1.165, 1.54) is 4.57 Å². The van der Waals surface area contributed by atoms with Crippen molar-refractivity contribution in [1.29, 1.82) is 0 Å². The molecule has 0 saturated heterocycles. The van der Waals surface area contributed by atoms with Crippen molar-refractivity contribution in [3.8, 4) is 5.88 Å². The molecule has 1 heterocycles. The number of hydrogen-bond donors (Lipinski definition) is 3. The molecule has 2 aromatic rings. The largest absolute Gasteiger partial charge is 0.493 e. The summed E-state index contributed by atoms with van der Waals surface area (Å²) in [5.74, 6) is 4.08. The van der Waals surface area contributed by atoms with E-state index in [4.69, 9.17) is 5.84 Å². The lowest BCUT2D eigenvalue weighted by atomic mass is 10.2. The maximum atomic E-state index is 12.6. The molecule has 7 heteroatoms. The highest BCUT2D eigenvalue weighted by Crippen LogP contribution is 2.13. The smallest absolute Gasteiger partial charge is 0.276 e. The number of carbonyl (C=O) groups excluding carboxylic acids is 1. The maximum absolute atomic E-state index is 12.6. The molecule has 2 rings (SSSR count). The highest BCUT2D eigenvalue weighted by molar-refractivity contribution is 5.95.